The Kier molecular flexibility index (Phi) is 9.72. The Morgan fingerprint density at radius 2 is 1.95 bits per heavy atom. The molecule has 3 heterocycles. The zero-order valence-corrected chi connectivity index (χ0v) is 25.0. The van der Waals surface area contributed by atoms with Crippen molar-refractivity contribution in [3.05, 3.63) is 36.8 Å². The van der Waals surface area contributed by atoms with Crippen molar-refractivity contribution < 1.29 is 22.9 Å². The minimum Gasteiger partial charge on any atom is -0.494 e. The van der Waals surface area contributed by atoms with Gasteiger partial charge in [-0.05, 0) is 57.8 Å². The van der Waals surface area contributed by atoms with Crippen molar-refractivity contribution in [1.82, 2.24) is 19.2 Å². The minimum atomic E-state index is -2.39. The molecule has 2 N–H and O–H groups in total. The molecule has 1 aromatic carbocycles. The van der Waals surface area contributed by atoms with Crippen LogP contribution in [0.25, 0.3) is 0 Å². The van der Waals surface area contributed by atoms with Gasteiger partial charge in [-0.1, -0.05) is 6.58 Å². The van der Waals surface area contributed by atoms with Crippen molar-refractivity contribution in [2.45, 2.75) is 37.8 Å². The lowest BCUT2D eigenvalue weighted by molar-refractivity contribution is -0.111. The first-order chi connectivity index (χ1) is 19.5. The Morgan fingerprint density at radius 1 is 1.22 bits per heavy atom. The maximum Gasteiger partial charge on any atom is 0.255 e. The summed E-state index contributed by atoms with van der Waals surface area (Å²) in [6.45, 7) is 6.21. The van der Waals surface area contributed by atoms with E-state index in [4.69, 9.17) is 9.47 Å². The topological polar surface area (TPSA) is 112 Å². The molecule has 4 rings (SSSR count). The fourth-order valence-corrected chi connectivity index (χ4v) is 6.13. The summed E-state index contributed by atoms with van der Waals surface area (Å²) in [5.41, 5.74) is 1.87. The predicted molar refractivity (Wildman–Crippen MR) is 162 cm³/mol. The van der Waals surface area contributed by atoms with Crippen molar-refractivity contribution in [3.8, 4) is 11.6 Å². The second-order valence-electron chi connectivity index (χ2n) is 10.6. The van der Waals surface area contributed by atoms with Crippen LogP contribution in [-0.2, 0) is 14.5 Å². The lowest BCUT2D eigenvalue weighted by Crippen LogP contribution is -2.43. The molecule has 0 spiro atoms. The summed E-state index contributed by atoms with van der Waals surface area (Å²) in [7, 11) is 3.33. The second-order valence-corrected chi connectivity index (χ2v) is 13.1. The number of aromatic nitrogens is 2. The van der Waals surface area contributed by atoms with Gasteiger partial charge < -0.3 is 29.9 Å². The molecule has 224 valence electrons. The van der Waals surface area contributed by atoms with Gasteiger partial charge in [-0.25, -0.2) is 9.29 Å². The number of piperidine rings is 2. The molecule has 0 aliphatic carbocycles. The number of carbonyl (C=O) groups is 1. The van der Waals surface area contributed by atoms with Gasteiger partial charge in [0.2, 0.25) is 17.7 Å². The maximum atomic E-state index is 14.7. The second kappa shape index (κ2) is 13.0. The molecule has 2 atom stereocenters. The van der Waals surface area contributed by atoms with Gasteiger partial charge >= 0.3 is 0 Å². The molecule has 41 heavy (non-hydrogen) atoms. The van der Waals surface area contributed by atoms with Crippen LogP contribution in [0.1, 0.15) is 25.7 Å². The normalized spacial score (nSPS) is 19.9. The van der Waals surface area contributed by atoms with E-state index in [1.54, 1.807) is 23.7 Å². The number of nitrogens with one attached hydrogen (secondary N) is 2. The molecule has 13 heteroatoms. The molecule has 2 unspecified atom stereocenters. The van der Waals surface area contributed by atoms with Crippen LogP contribution in [0, 0.1) is 5.82 Å². The van der Waals surface area contributed by atoms with E-state index >= 15 is 0 Å². The molecular formula is C28H40FN7O4S. The van der Waals surface area contributed by atoms with Gasteiger partial charge in [-0.15, -0.1) is 0 Å². The number of hydrogen-bond acceptors (Lipinski definition) is 9. The zero-order chi connectivity index (χ0) is 29.7. The smallest absolute Gasteiger partial charge is 0.255 e. The quantitative estimate of drug-likeness (QED) is 0.319. The van der Waals surface area contributed by atoms with Gasteiger partial charge in [0.1, 0.15) is 11.9 Å². The van der Waals surface area contributed by atoms with Gasteiger partial charge in [-0.3, -0.25) is 9.00 Å². The largest absolute Gasteiger partial charge is 0.494 e. The highest BCUT2D eigenvalue weighted by Gasteiger charge is 2.27. The molecular weight excluding hydrogens is 549 g/mol. The molecule has 0 bridgehead atoms. The number of rotatable bonds is 10. The number of hydrogen-bond donors (Lipinski definition) is 2. The van der Waals surface area contributed by atoms with Crippen LogP contribution in [0.5, 0.6) is 11.6 Å². The van der Waals surface area contributed by atoms with Crippen molar-refractivity contribution in [2.24, 2.45) is 0 Å². The molecule has 0 saturated carbocycles. The number of methoxy groups -OCH3 is 1. The van der Waals surface area contributed by atoms with Crippen LogP contribution in [0.4, 0.5) is 27.4 Å². The number of halogens is 1. The van der Waals surface area contributed by atoms with E-state index in [2.05, 4.69) is 56.9 Å². The molecule has 0 radical (unpaired) electrons. The number of nitrogens with zero attached hydrogens (tertiary/aromatic N) is 5. The molecule has 2 aliphatic rings. The predicted octanol–water partition coefficient (Wildman–Crippen LogP) is 3.13. The van der Waals surface area contributed by atoms with E-state index in [1.807, 2.05) is 6.07 Å². The van der Waals surface area contributed by atoms with Crippen molar-refractivity contribution in [2.75, 3.05) is 69.2 Å². The Balaban J connectivity index is 1.59. The zero-order valence-electron chi connectivity index (χ0n) is 24.2. The van der Waals surface area contributed by atoms with Crippen LogP contribution in [-0.4, -0.2) is 101 Å². The summed E-state index contributed by atoms with van der Waals surface area (Å²) >= 11 is 0. The summed E-state index contributed by atoms with van der Waals surface area (Å²) in [5, 5.41) is 5.98. The van der Waals surface area contributed by atoms with Crippen LogP contribution in [0.15, 0.2) is 31.0 Å². The summed E-state index contributed by atoms with van der Waals surface area (Å²) in [4.78, 5) is 25.1. The lowest BCUT2D eigenvalue weighted by atomic mass is 10.0. The van der Waals surface area contributed by atoms with E-state index in [-0.39, 0.29) is 17.7 Å². The van der Waals surface area contributed by atoms with Crippen molar-refractivity contribution in [3.63, 3.8) is 0 Å². The Labute approximate surface area is 241 Å². The van der Waals surface area contributed by atoms with Crippen LogP contribution in [0.3, 0.4) is 0 Å². The third-order valence-corrected chi connectivity index (χ3v) is 8.84. The fourth-order valence-electron chi connectivity index (χ4n) is 5.13. The highest BCUT2D eigenvalue weighted by Crippen LogP contribution is 2.39. The van der Waals surface area contributed by atoms with Crippen molar-refractivity contribution in [1.29, 1.82) is 0 Å². The average molecular weight is 590 g/mol. The van der Waals surface area contributed by atoms with Crippen molar-refractivity contribution >= 4 is 44.5 Å². The Bertz CT molecular complexity index is 1360. The first-order valence-electron chi connectivity index (χ1n) is 13.6. The summed E-state index contributed by atoms with van der Waals surface area (Å²) in [6, 6.07) is 4.09. The van der Waals surface area contributed by atoms with Gasteiger partial charge in [-0.2, -0.15) is 9.37 Å². The molecule has 2 fully saturated rings. The number of carbonyl (C=O) groups excluding carboxylic acids is 1. The summed E-state index contributed by atoms with van der Waals surface area (Å²) in [6.07, 6.45) is 6.83. The molecule has 1 amide bonds. The van der Waals surface area contributed by atoms with E-state index in [1.165, 1.54) is 6.08 Å². The van der Waals surface area contributed by atoms with Gasteiger partial charge in [0.05, 0.1) is 30.4 Å². The van der Waals surface area contributed by atoms with E-state index in [0.717, 1.165) is 44.2 Å². The SMILES string of the molecule is C=CC(=O)Nc1cc(Nc2ncc(F)c(OC3CCCN(S(=C)(C)=O)C3)n2)c(OC)cc1N1CCC(N(C)C)CC1. The number of ether oxygens (including phenoxy) is 2. The Morgan fingerprint density at radius 3 is 2.59 bits per heavy atom. The van der Waals surface area contributed by atoms with E-state index in [9.17, 15) is 13.4 Å². The Hall–Kier alpha value is -3.42. The molecule has 2 aromatic rings. The number of amides is 1. The highest BCUT2D eigenvalue weighted by atomic mass is 32.2. The number of benzene rings is 1. The first kappa shape index (κ1) is 30.5. The summed E-state index contributed by atoms with van der Waals surface area (Å²) in [5.74, 6) is 3.07. The molecule has 2 saturated heterocycles. The van der Waals surface area contributed by atoms with Gasteiger partial charge in [0, 0.05) is 54.3 Å². The third-order valence-electron chi connectivity index (χ3n) is 7.42. The lowest BCUT2D eigenvalue weighted by Gasteiger charge is -2.37. The third kappa shape index (κ3) is 7.66. The number of anilines is 4. The van der Waals surface area contributed by atoms with Gasteiger partial charge in [0.15, 0.2) is 0 Å². The van der Waals surface area contributed by atoms with Crippen LogP contribution >= 0.6 is 0 Å². The van der Waals surface area contributed by atoms with E-state index in [0.29, 0.717) is 42.7 Å². The average Bonchev–Trinajstić information content (AvgIpc) is 2.94. The standard InChI is InChI=1S/C28H40FN7O4S/c1-7-26(37)31-22-15-23(25(39-4)16-24(22)35-13-10-19(11-14-35)34(2)3)32-28-30-17-21(29)27(33-28)40-20-9-8-12-36(18-20)41(5,6)38/h7,15-17,19-20H,1,5,8-14,18H2,2-4,6H3,(H,31,37)(H,30,32,33). The minimum absolute atomic E-state index is 0.0874. The summed E-state index contributed by atoms with van der Waals surface area (Å²) < 4.78 is 40.4. The highest BCUT2D eigenvalue weighted by molar-refractivity contribution is 7.97. The molecule has 11 nitrogen and oxygen atoms in total. The van der Waals surface area contributed by atoms with Crippen LogP contribution < -0.4 is 25.0 Å². The monoisotopic (exact) mass is 589 g/mol. The molecule has 2 aliphatic heterocycles. The van der Waals surface area contributed by atoms with Gasteiger partial charge in [0.25, 0.3) is 5.88 Å². The maximum absolute atomic E-state index is 14.7. The van der Waals surface area contributed by atoms with E-state index < -0.39 is 21.6 Å². The van der Waals surface area contributed by atoms with Crippen LogP contribution in [0.2, 0.25) is 0 Å². The first-order valence-corrected chi connectivity index (χ1v) is 15.7. The fraction of sp³-hybridized carbons (Fsp3) is 0.500. The molecule has 1 aromatic heterocycles.